The van der Waals surface area contributed by atoms with Crippen molar-refractivity contribution in [1.82, 2.24) is 5.43 Å². The van der Waals surface area contributed by atoms with Gasteiger partial charge in [0.1, 0.15) is 11.5 Å². The number of hydrazone groups is 1. The van der Waals surface area contributed by atoms with Crippen LogP contribution in [0.2, 0.25) is 0 Å². The molecule has 0 saturated heterocycles. The lowest BCUT2D eigenvalue weighted by Crippen LogP contribution is -2.45. The molecule has 1 heterocycles. The first-order chi connectivity index (χ1) is 14.2. The lowest BCUT2D eigenvalue weighted by Gasteiger charge is -2.45. The van der Waals surface area contributed by atoms with E-state index in [0.717, 1.165) is 23.3 Å². The molecule has 0 radical (unpaired) electrons. The number of aryl methyl sites for hydroxylation is 1. The number of amides is 1. The predicted molar refractivity (Wildman–Crippen MR) is 121 cm³/mol. The van der Waals surface area contributed by atoms with E-state index < -0.39 is 0 Å². The van der Waals surface area contributed by atoms with Crippen molar-refractivity contribution in [2.24, 2.45) is 5.10 Å². The Hall–Kier alpha value is -3.02. The van der Waals surface area contributed by atoms with Gasteiger partial charge in [-0.2, -0.15) is 5.10 Å². The number of fused-ring (bicyclic) bond motifs is 1. The normalized spacial score (nSPS) is 17.5. The molecule has 0 bridgehead atoms. The SMILES string of the molecule is COc1ccc(OCC(=O)N/N=C/c2cc3c(cc2C)N(C)C(C)(C)CC3C)cc1. The van der Waals surface area contributed by atoms with Crippen LogP contribution in [0.25, 0.3) is 0 Å². The van der Waals surface area contributed by atoms with Crippen LogP contribution in [0.4, 0.5) is 5.69 Å². The summed E-state index contributed by atoms with van der Waals surface area (Å²) in [6.45, 7) is 8.78. The van der Waals surface area contributed by atoms with Gasteiger partial charge in [0.15, 0.2) is 6.61 Å². The fourth-order valence-corrected chi connectivity index (χ4v) is 3.90. The average molecular weight is 410 g/mol. The Balaban J connectivity index is 1.62. The number of nitrogens with zero attached hydrogens (tertiary/aromatic N) is 2. The zero-order chi connectivity index (χ0) is 21.9. The first kappa shape index (κ1) is 21.7. The quantitative estimate of drug-likeness (QED) is 0.572. The van der Waals surface area contributed by atoms with Gasteiger partial charge in [-0.15, -0.1) is 0 Å². The molecule has 1 aliphatic heterocycles. The number of hydrogen-bond donors (Lipinski definition) is 1. The molecular weight excluding hydrogens is 378 g/mol. The van der Waals surface area contributed by atoms with Crippen LogP contribution >= 0.6 is 0 Å². The number of anilines is 1. The Morgan fingerprint density at radius 3 is 2.60 bits per heavy atom. The lowest BCUT2D eigenvalue weighted by atomic mass is 9.79. The van der Waals surface area contributed by atoms with Gasteiger partial charge < -0.3 is 14.4 Å². The molecule has 1 amide bonds. The minimum Gasteiger partial charge on any atom is -0.497 e. The Morgan fingerprint density at radius 1 is 1.27 bits per heavy atom. The molecule has 6 nitrogen and oxygen atoms in total. The second-order valence-electron chi connectivity index (χ2n) is 8.50. The highest BCUT2D eigenvalue weighted by atomic mass is 16.5. The molecule has 1 unspecified atom stereocenters. The number of hydrogen-bond acceptors (Lipinski definition) is 5. The van der Waals surface area contributed by atoms with E-state index in [0.29, 0.717) is 11.7 Å². The molecule has 0 aromatic heterocycles. The van der Waals surface area contributed by atoms with Crippen LogP contribution in [0.5, 0.6) is 11.5 Å². The summed E-state index contributed by atoms with van der Waals surface area (Å²) in [5, 5.41) is 4.13. The largest absolute Gasteiger partial charge is 0.497 e. The smallest absolute Gasteiger partial charge is 0.277 e. The van der Waals surface area contributed by atoms with Crippen LogP contribution in [0.1, 0.15) is 49.8 Å². The van der Waals surface area contributed by atoms with Crippen LogP contribution in [-0.2, 0) is 4.79 Å². The van der Waals surface area contributed by atoms with Crippen LogP contribution < -0.4 is 19.8 Å². The molecule has 3 rings (SSSR count). The molecule has 0 fully saturated rings. The van der Waals surface area contributed by atoms with Gasteiger partial charge in [0.2, 0.25) is 0 Å². The molecular formula is C24H31N3O3. The van der Waals surface area contributed by atoms with Crippen LogP contribution in [-0.4, -0.2) is 38.4 Å². The monoisotopic (exact) mass is 409 g/mol. The van der Waals surface area contributed by atoms with Crippen molar-refractivity contribution in [2.45, 2.75) is 45.6 Å². The van der Waals surface area contributed by atoms with Crippen molar-refractivity contribution >= 4 is 17.8 Å². The van der Waals surface area contributed by atoms with Gasteiger partial charge in [0.25, 0.3) is 5.91 Å². The van der Waals surface area contributed by atoms with Gasteiger partial charge in [0.05, 0.1) is 13.3 Å². The van der Waals surface area contributed by atoms with Crippen molar-refractivity contribution in [2.75, 3.05) is 25.7 Å². The summed E-state index contributed by atoms with van der Waals surface area (Å²) in [4.78, 5) is 14.4. The third kappa shape index (κ3) is 4.75. The van der Waals surface area contributed by atoms with E-state index >= 15 is 0 Å². The summed E-state index contributed by atoms with van der Waals surface area (Å²) in [5.41, 5.74) is 7.38. The van der Waals surface area contributed by atoms with E-state index in [2.05, 4.69) is 62.3 Å². The maximum absolute atomic E-state index is 12.0. The first-order valence-corrected chi connectivity index (χ1v) is 10.2. The predicted octanol–water partition coefficient (Wildman–Crippen LogP) is 4.25. The second kappa shape index (κ2) is 8.78. The zero-order valence-electron chi connectivity index (χ0n) is 18.7. The van der Waals surface area contributed by atoms with Crippen LogP contribution in [0.3, 0.4) is 0 Å². The maximum Gasteiger partial charge on any atom is 0.277 e. The molecule has 2 aromatic carbocycles. The molecule has 160 valence electrons. The maximum atomic E-state index is 12.0. The minimum atomic E-state index is -0.312. The van der Waals surface area contributed by atoms with Gasteiger partial charge in [-0.25, -0.2) is 5.43 Å². The Bertz CT molecular complexity index is 935. The van der Waals surface area contributed by atoms with Gasteiger partial charge >= 0.3 is 0 Å². The summed E-state index contributed by atoms with van der Waals surface area (Å²) in [6, 6.07) is 11.5. The molecule has 0 saturated carbocycles. The summed E-state index contributed by atoms with van der Waals surface area (Å²) >= 11 is 0. The van der Waals surface area contributed by atoms with E-state index in [1.165, 1.54) is 11.3 Å². The molecule has 6 heteroatoms. The third-order valence-corrected chi connectivity index (χ3v) is 5.84. The standard InChI is InChI=1S/C24H31N3O3/c1-16-11-22-21(17(2)13-24(3,4)27(22)5)12-18(16)14-25-26-23(28)15-30-20-9-7-19(29-6)8-10-20/h7-12,14,17H,13,15H2,1-6H3,(H,26,28)/b25-14+. The van der Waals surface area contributed by atoms with Gasteiger partial charge in [-0.3, -0.25) is 4.79 Å². The number of benzene rings is 2. The molecule has 0 spiro atoms. The van der Waals surface area contributed by atoms with E-state index in [4.69, 9.17) is 9.47 Å². The van der Waals surface area contributed by atoms with Crippen molar-refractivity contribution < 1.29 is 14.3 Å². The number of rotatable bonds is 6. The highest BCUT2D eigenvalue weighted by Crippen LogP contribution is 2.43. The first-order valence-electron chi connectivity index (χ1n) is 10.2. The number of carbonyl (C=O) groups excluding carboxylic acids is 1. The fourth-order valence-electron chi connectivity index (χ4n) is 3.90. The number of ether oxygens (including phenoxy) is 2. The molecule has 1 aliphatic rings. The summed E-state index contributed by atoms with van der Waals surface area (Å²) in [6.07, 6.45) is 2.79. The Labute approximate surface area is 178 Å². The highest BCUT2D eigenvalue weighted by Gasteiger charge is 2.34. The van der Waals surface area contributed by atoms with Gasteiger partial charge in [-0.05, 0) is 86.2 Å². The lowest BCUT2D eigenvalue weighted by molar-refractivity contribution is -0.123. The second-order valence-corrected chi connectivity index (χ2v) is 8.50. The third-order valence-electron chi connectivity index (χ3n) is 5.84. The molecule has 1 atom stereocenters. The molecule has 0 aliphatic carbocycles. The molecule has 30 heavy (non-hydrogen) atoms. The highest BCUT2D eigenvalue weighted by molar-refractivity contribution is 5.86. The molecule has 2 aromatic rings. The minimum absolute atomic E-state index is 0.107. The van der Waals surface area contributed by atoms with E-state index in [1.807, 2.05) is 0 Å². The van der Waals surface area contributed by atoms with Crippen molar-refractivity contribution in [3.63, 3.8) is 0 Å². The van der Waals surface area contributed by atoms with E-state index in [1.54, 1.807) is 37.6 Å². The Kier molecular flexibility index (Phi) is 6.34. The zero-order valence-corrected chi connectivity index (χ0v) is 18.7. The van der Waals surface area contributed by atoms with E-state index in [9.17, 15) is 4.79 Å². The summed E-state index contributed by atoms with van der Waals surface area (Å²) < 4.78 is 10.6. The summed E-state index contributed by atoms with van der Waals surface area (Å²) in [7, 11) is 3.76. The van der Waals surface area contributed by atoms with Crippen LogP contribution in [0, 0.1) is 6.92 Å². The Morgan fingerprint density at radius 2 is 1.93 bits per heavy atom. The fraction of sp³-hybridized carbons (Fsp3) is 0.417. The molecule has 1 N–H and O–H groups in total. The van der Waals surface area contributed by atoms with Gasteiger partial charge in [0, 0.05) is 18.3 Å². The van der Waals surface area contributed by atoms with Crippen molar-refractivity contribution in [1.29, 1.82) is 0 Å². The van der Waals surface area contributed by atoms with Gasteiger partial charge in [-0.1, -0.05) is 6.92 Å². The average Bonchev–Trinajstić information content (AvgIpc) is 2.71. The number of methoxy groups -OCH3 is 1. The van der Waals surface area contributed by atoms with E-state index in [-0.39, 0.29) is 18.1 Å². The topological polar surface area (TPSA) is 63.2 Å². The summed E-state index contributed by atoms with van der Waals surface area (Å²) in [5.74, 6) is 1.49. The van der Waals surface area contributed by atoms with Crippen molar-refractivity contribution in [3.8, 4) is 11.5 Å². The van der Waals surface area contributed by atoms with Crippen molar-refractivity contribution in [3.05, 3.63) is 53.1 Å². The number of nitrogens with one attached hydrogen (secondary N) is 1. The van der Waals surface area contributed by atoms with Crippen LogP contribution in [0.15, 0.2) is 41.5 Å². The number of carbonyl (C=O) groups is 1.